The molecule has 0 N–H and O–H groups in total. The zero-order valence-corrected chi connectivity index (χ0v) is 9.84. The van der Waals surface area contributed by atoms with E-state index >= 15 is 0 Å². The molecule has 1 aliphatic carbocycles. The van der Waals surface area contributed by atoms with E-state index in [2.05, 4.69) is 31.7 Å². The van der Waals surface area contributed by atoms with Crippen molar-refractivity contribution in [3.8, 4) is 0 Å². The van der Waals surface area contributed by atoms with Gasteiger partial charge in [-0.05, 0) is 65.0 Å². The third-order valence-corrected chi connectivity index (χ3v) is 4.20. The SMILES string of the molecule is CC=C1CC2(CCN(C(C)C)CC2)C1. The second-order valence-corrected chi connectivity index (χ2v) is 5.43. The molecule has 0 radical (unpaired) electrons. The Kier molecular flexibility index (Phi) is 2.70. The van der Waals surface area contributed by atoms with Gasteiger partial charge in [0.25, 0.3) is 0 Å². The number of hydrogen-bond acceptors (Lipinski definition) is 1. The molecule has 0 aromatic heterocycles. The quantitative estimate of drug-likeness (QED) is 0.578. The molecule has 0 atom stereocenters. The highest BCUT2D eigenvalue weighted by Gasteiger charge is 2.42. The van der Waals surface area contributed by atoms with Crippen molar-refractivity contribution in [1.29, 1.82) is 0 Å². The molecule has 0 aromatic rings. The molecule has 0 unspecified atom stereocenters. The lowest BCUT2D eigenvalue weighted by molar-refractivity contribution is 0.0536. The van der Waals surface area contributed by atoms with E-state index in [1.165, 1.54) is 38.8 Å². The van der Waals surface area contributed by atoms with Crippen LogP contribution in [-0.2, 0) is 0 Å². The molecular formula is C13H23N. The Balaban J connectivity index is 1.85. The predicted molar refractivity (Wildman–Crippen MR) is 61.4 cm³/mol. The number of hydrogen-bond donors (Lipinski definition) is 0. The van der Waals surface area contributed by atoms with Crippen molar-refractivity contribution in [2.75, 3.05) is 13.1 Å². The van der Waals surface area contributed by atoms with Crippen molar-refractivity contribution in [3.05, 3.63) is 11.6 Å². The summed E-state index contributed by atoms with van der Waals surface area (Å²) in [4.78, 5) is 2.62. The fraction of sp³-hybridized carbons (Fsp3) is 0.846. The molecule has 14 heavy (non-hydrogen) atoms. The van der Waals surface area contributed by atoms with E-state index in [0.717, 1.165) is 11.5 Å². The highest BCUT2D eigenvalue weighted by atomic mass is 15.2. The average Bonchev–Trinajstić information content (AvgIpc) is 2.14. The first-order valence-electron chi connectivity index (χ1n) is 6.03. The Morgan fingerprint density at radius 1 is 1.21 bits per heavy atom. The Hall–Kier alpha value is -0.300. The minimum Gasteiger partial charge on any atom is -0.301 e. The van der Waals surface area contributed by atoms with Crippen LogP contribution in [0.1, 0.15) is 46.5 Å². The highest BCUT2D eigenvalue weighted by Crippen LogP contribution is 2.52. The molecule has 1 saturated carbocycles. The molecule has 2 aliphatic rings. The number of piperidine rings is 1. The minimum atomic E-state index is 0.729. The van der Waals surface area contributed by atoms with Gasteiger partial charge in [0.2, 0.25) is 0 Å². The molecule has 0 aromatic carbocycles. The lowest BCUT2D eigenvalue weighted by Gasteiger charge is -2.50. The summed E-state index contributed by atoms with van der Waals surface area (Å²) < 4.78 is 0. The monoisotopic (exact) mass is 193 g/mol. The summed E-state index contributed by atoms with van der Waals surface area (Å²) in [5, 5.41) is 0. The fourth-order valence-electron chi connectivity index (χ4n) is 2.98. The van der Waals surface area contributed by atoms with Crippen LogP contribution in [-0.4, -0.2) is 24.0 Å². The maximum atomic E-state index is 2.62. The van der Waals surface area contributed by atoms with Gasteiger partial charge in [-0.15, -0.1) is 0 Å². The summed E-state index contributed by atoms with van der Waals surface area (Å²) in [5.74, 6) is 0. The number of nitrogens with zero attached hydrogens (tertiary/aromatic N) is 1. The first-order chi connectivity index (χ1) is 6.65. The molecule has 1 aliphatic heterocycles. The maximum absolute atomic E-state index is 2.62. The fourth-order valence-corrected chi connectivity index (χ4v) is 2.98. The first kappa shape index (κ1) is 10.2. The largest absolute Gasteiger partial charge is 0.301 e. The molecule has 0 bridgehead atoms. The van der Waals surface area contributed by atoms with E-state index in [0.29, 0.717) is 0 Å². The summed E-state index contributed by atoms with van der Waals surface area (Å²) in [6, 6.07) is 0.744. The van der Waals surface area contributed by atoms with Crippen LogP contribution in [0, 0.1) is 5.41 Å². The normalized spacial score (nSPS) is 26.7. The van der Waals surface area contributed by atoms with Gasteiger partial charge in [0.1, 0.15) is 0 Å². The number of allylic oxidation sites excluding steroid dienone is 2. The van der Waals surface area contributed by atoms with Gasteiger partial charge < -0.3 is 4.90 Å². The summed E-state index contributed by atoms with van der Waals surface area (Å²) in [7, 11) is 0. The van der Waals surface area contributed by atoms with Crippen molar-refractivity contribution >= 4 is 0 Å². The van der Waals surface area contributed by atoms with Crippen LogP contribution >= 0.6 is 0 Å². The van der Waals surface area contributed by atoms with Gasteiger partial charge in [-0.3, -0.25) is 0 Å². The zero-order chi connectivity index (χ0) is 10.2. The van der Waals surface area contributed by atoms with E-state index in [4.69, 9.17) is 0 Å². The molecule has 1 spiro atoms. The van der Waals surface area contributed by atoms with Gasteiger partial charge >= 0.3 is 0 Å². The molecule has 80 valence electrons. The smallest absolute Gasteiger partial charge is 0.00385 e. The Bertz CT molecular complexity index is 222. The summed E-state index contributed by atoms with van der Waals surface area (Å²) in [5.41, 5.74) is 2.43. The topological polar surface area (TPSA) is 3.24 Å². The van der Waals surface area contributed by atoms with Gasteiger partial charge in [-0.25, -0.2) is 0 Å². The summed E-state index contributed by atoms with van der Waals surface area (Å²) in [6.07, 6.45) is 7.98. The van der Waals surface area contributed by atoms with E-state index in [1.807, 2.05) is 0 Å². The van der Waals surface area contributed by atoms with Crippen molar-refractivity contribution in [2.45, 2.75) is 52.5 Å². The molecule has 1 heterocycles. The van der Waals surface area contributed by atoms with Crippen molar-refractivity contribution in [3.63, 3.8) is 0 Å². The predicted octanol–water partition coefficient (Wildman–Crippen LogP) is 3.22. The Morgan fingerprint density at radius 3 is 2.21 bits per heavy atom. The Labute approximate surface area is 88.2 Å². The van der Waals surface area contributed by atoms with Gasteiger partial charge in [0.05, 0.1) is 0 Å². The molecule has 2 fully saturated rings. The van der Waals surface area contributed by atoms with Crippen LogP contribution in [0.3, 0.4) is 0 Å². The van der Waals surface area contributed by atoms with Crippen LogP contribution in [0.5, 0.6) is 0 Å². The Morgan fingerprint density at radius 2 is 1.79 bits per heavy atom. The lowest BCUT2D eigenvalue weighted by Crippen LogP contribution is -2.46. The van der Waals surface area contributed by atoms with Gasteiger partial charge in [-0.2, -0.15) is 0 Å². The standard InChI is InChI=1S/C13H23N/c1-4-12-9-13(10-12)5-7-14(8-6-13)11(2)3/h4,11H,5-10H2,1-3H3. The van der Waals surface area contributed by atoms with Crippen LogP contribution in [0.4, 0.5) is 0 Å². The molecule has 2 rings (SSSR count). The van der Waals surface area contributed by atoms with E-state index in [1.54, 1.807) is 5.57 Å². The molecule has 1 saturated heterocycles. The van der Waals surface area contributed by atoms with Crippen molar-refractivity contribution < 1.29 is 0 Å². The van der Waals surface area contributed by atoms with Gasteiger partial charge in [0, 0.05) is 6.04 Å². The molecule has 0 amide bonds. The second-order valence-electron chi connectivity index (χ2n) is 5.43. The molecule has 1 nitrogen and oxygen atoms in total. The zero-order valence-electron chi connectivity index (χ0n) is 9.84. The second kappa shape index (κ2) is 3.69. The minimum absolute atomic E-state index is 0.729. The highest BCUT2D eigenvalue weighted by molar-refractivity contribution is 5.19. The molecular weight excluding hydrogens is 170 g/mol. The van der Waals surface area contributed by atoms with Crippen LogP contribution < -0.4 is 0 Å². The third kappa shape index (κ3) is 1.75. The van der Waals surface area contributed by atoms with Crippen molar-refractivity contribution in [1.82, 2.24) is 4.90 Å². The van der Waals surface area contributed by atoms with Crippen LogP contribution in [0.2, 0.25) is 0 Å². The summed E-state index contributed by atoms with van der Waals surface area (Å²) >= 11 is 0. The lowest BCUT2D eigenvalue weighted by atomic mass is 9.60. The van der Waals surface area contributed by atoms with Crippen LogP contribution in [0.25, 0.3) is 0 Å². The first-order valence-corrected chi connectivity index (χ1v) is 6.03. The number of likely N-dealkylation sites (tertiary alicyclic amines) is 1. The van der Waals surface area contributed by atoms with Crippen LogP contribution in [0.15, 0.2) is 11.6 Å². The molecule has 1 heteroatoms. The van der Waals surface area contributed by atoms with Gasteiger partial charge in [0.15, 0.2) is 0 Å². The maximum Gasteiger partial charge on any atom is 0.00385 e. The van der Waals surface area contributed by atoms with E-state index in [-0.39, 0.29) is 0 Å². The van der Waals surface area contributed by atoms with Crippen molar-refractivity contribution in [2.24, 2.45) is 5.41 Å². The van der Waals surface area contributed by atoms with E-state index in [9.17, 15) is 0 Å². The summed E-state index contributed by atoms with van der Waals surface area (Å²) in [6.45, 7) is 9.47. The third-order valence-electron chi connectivity index (χ3n) is 4.20. The van der Waals surface area contributed by atoms with E-state index < -0.39 is 0 Å². The number of rotatable bonds is 1. The average molecular weight is 193 g/mol. The van der Waals surface area contributed by atoms with Gasteiger partial charge in [-0.1, -0.05) is 11.6 Å².